The minimum Gasteiger partial charge on any atom is -0.396 e. The molecule has 4 N–H and O–H groups in total. The van der Waals surface area contributed by atoms with E-state index in [2.05, 4.69) is 5.32 Å². The van der Waals surface area contributed by atoms with Gasteiger partial charge in [0.1, 0.15) is 0 Å². The van der Waals surface area contributed by atoms with Crippen molar-refractivity contribution < 1.29 is 9.90 Å². The highest BCUT2D eigenvalue weighted by atomic mass is 16.3. The molecule has 0 aromatic rings. The van der Waals surface area contributed by atoms with Crippen LogP contribution in [0.5, 0.6) is 0 Å². The molecule has 0 saturated heterocycles. The number of rotatable bonds is 5. The summed E-state index contributed by atoms with van der Waals surface area (Å²) in [5, 5.41) is 11.6. The highest BCUT2D eigenvalue weighted by molar-refractivity contribution is 5.85. The van der Waals surface area contributed by atoms with E-state index in [1.54, 1.807) is 0 Å². The quantitative estimate of drug-likeness (QED) is 0.540. The molecule has 0 radical (unpaired) electrons. The van der Waals surface area contributed by atoms with Gasteiger partial charge in [-0.25, -0.2) is 0 Å². The van der Waals surface area contributed by atoms with Gasteiger partial charge >= 0.3 is 0 Å². The molecular formula is C9H18N2O2. The predicted molar refractivity (Wildman–Crippen MR) is 50.0 cm³/mol. The first-order valence-electron chi connectivity index (χ1n) is 4.74. The summed E-state index contributed by atoms with van der Waals surface area (Å²) in [6.45, 7) is 2.97. The first-order chi connectivity index (χ1) is 6.14. The Kier molecular flexibility index (Phi) is 3.27. The number of aliphatic hydroxyl groups excluding tert-OH is 1. The van der Waals surface area contributed by atoms with Gasteiger partial charge in [0.05, 0.1) is 5.41 Å². The number of amides is 1. The van der Waals surface area contributed by atoms with Crippen LogP contribution in [0, 0.1) is 11.3 Å². The standard InChI is InChI=1S/C9H18N2O2/c1-7(5-12)4-11-8(13)9(6-10)2-3-9/h7,12H,2-6,10H2,1H3,(H,11,13). The predicted octanol–water partition coefficient (Wildman–Crippen LogP) is -0.530. The van der Waals surface area contributed by atoms with Crippen molar-refractivity contribution in [1.82, 2.24) is 5.32 Å². The van der Waals surface area contributed by atoms with Crippen molar-refractivity contribution in [2.75, 3.05) is 19.7 Å². The van der Waals surface area contributed by atoms with Gasteiger partial charge in [-0.05, 0) is 18.8 Å². The molecule has 1 aliphatic rings. The summed E-state index contributed by atoms with van der Waals surface area (Å²) in [6.07, 6.45) is 1.81. The molecule has 1 fully saturated rings. The number of hydrogen-bond donors (Lipinski definition) is 3. The third-order valence-electron chi connectivity index (χ3n) is 2.65. The topological polar surface area (TPSA) is 75.3 Å². The molecule has 1 saturated carbocycles. The van der Waals surface area contributed by atoms with Gasteiger partial charge in [-0.15, -0.1) is 0 Å². The maximum atomic E-state index is 11.5. The van der Waals surface area contributed by atoms with Crippen molar-refractivity contribution in [2.24, 2.45) is 17.1 Å². The lowest BCUT2D eigenvalue weighted by atomic mass is 10.1. The molecule has 0 aliphatic heterocycles. The van der Waals surface area contributed by atoms with Crippen molar-refractivity contribution in [3.8, 4) is 0 Å². The van der Waals surface area contributed by atoms with Crippen molar-refractivity contribution in [3.05, 3.63) is 0 Å². The SMILES string of the molecule is CC(CO)CNC(=O)C1(CN)CC1. The molecule has 76 valence electrons. The Hall–Kier alpha value is -0.610. The van der Waals surface area contributed by atoms with E-state index >= 15 is 0 Å². The fourth-order valence-electron chi connectivity index (χ4n) is 1.19. The summed E-state index contributed by atoms with van der Waals surface area (Å²) < 4.78 is 0. The van der Waals surface area contributed by atoms with E-state index in [4.69, 9.17) is 10.8 Å². The zero-order chi connectivity index (χ0) is 9.90. The molecule has 13 heavy (non-hydrogen) atoms. The van der Waals surface area contributed by atoms with Crippen LogP contribution < -0.4 is 11.1 Å². The van der Waals surface area contributed by atoms with E-state index in [1.165, 1.54) is 0 Å². The Morgan fingerprint density at radius 1 is 1.69 bits per heavy atom. The summed E-state index contributed by atoms with van der Waals surface area (Å²) >= 11 is 0. The van der Waals surface area contributed by atoms with Gasteiger partial charge < -0.3 is 16.2 Å². The Morgan fingerprint density at radius 2 is 2.31 bits per heavy atom. The summed E-state index contributed by atoms with van der Waals surface area (Å²) in [7, 11) is 0. The Labute approximate surface area is 78.5 Å². The average molecular weight is 186 g/mol. The minimum absolute atomic E-state index is 0.0512. The van der Waals surface area contributed by atoms with E-state index in [0.29, 0.717) is 13.1 Å². The van der Waals surface area contributed by atoms with E-state index in [0.717, 1.165) is 12.8 Å². The van der Waals surface area contributed by atoms with Crippen molar-refractivity contribution in [1.29, 1.82) is 0 Å². The van der Waals surface area contributed by atoms with Gasteiger partial charge in [0.25, 0.3) is 0 Å². The van der Waals surface area contributed by atoms with E-state index in [-0.39, 0.29) is 23.8 Å². The monoisotopic (exact) mass is 186 g/mol. The number of hydrogen-bond acceptors (Lipinski definition) is 3. The molecule has 1 unspecified atom stereocenters. The van der Waals surface area contributed by atoms with Gasteiger partial charge in [-0.3, -0.25) is 4.79 Å². The summed E-state index contributed by atoms with van der Waals surface area (Å²) in [5.41, 5.74) is 5.23. The molecular weight excluding hydrogens is 168 g/mol. The fraction of sp³-hybridized carbons (Fsp3) is 0.889. The summed E-state index contributed by atoms with van der Waals surface area (Å²) in [5.74, 6) is 0.174. The average Bonchev–Trinajstić information content (AvgIpc) is 2.94. The number of carbonyl (C=O) groups excluding carboxylic acids is 1. The van der Waals surface area contributed by atoms with Gasteiger partial charge in [0.2, 0.25) is 5.91 Å². The number of nitrogens with one attached hydrogen (secondary N) is 1. The zero-order valence-electron chi connectivity index (χ0n) is 8.05. The van der Waals surface area contributed by atoms with Crippen LogP contribution in [0.1, 0.15) is 19.8 Å². The fourth-order valence-corrected chi connectivity index (χ4v) is 1.19. The van der Waals surface area contributed by atoms with Crippen molar-refractivity contribution >= 4 is 5.91 Å². The number of aliphatic hydroxyl groups is 1. The lowest BCUT2D eigenvalue weighted by Gasteiger charge is -2.14. The van der Waals surface area contributed by atoms with Crippen LogP contribution in [-0.4, -0.2) is 30.7 Å². The van der Waals surface area contributed by atoms with Gasteiger partial charge in [0.15, 0.2) is 0 Å². The Morgan fingerprint density at radius 3 is 2.69 bits per heavy atom. The highest BCUT2D eigenvalue weighted by Gasteiger charge is 2.48. The molecule has 0 heterocycles. The largest absolute Gasteiger partial charge is 0.396 e. The summed E-state index contributed by atoms with van der Waals surface area (Å²) in [6, 6.07) is 0. The smallest absolute Gasteiger partial charge is 0.227 e. The second-order valence-corrected chi connectivity index (χ2v) is 3.98. The van der Waals surface area contributed by atoms with Crippen LogP contribution in [0.2, 0.25) is 0 Å². The number of carbonyl (C=O) groups is 1. The zero-order valence-corrected chi connectivity index (χ0v) is 8.05. The first-order valence-corrected chi connectivity index (χ1v) is 4.74. The molecule has 0 bridgehead atoms. The van der Waals surface area contributed by atoms with E-state index in [1.807, 2.05) is 6.92 Å². The molecule has 4 heteroatoms. The minimum atomic E-state index is -0.269. The van der Waals surface area contributed by atoms with Crippen LogP contribution in [0.15, 0.2) is 0 Å². The summed E-state index contributed by atoms with van der Waals surface area (Å²) in [4.78, 5) is 11.5. The molecule has 1 aliphatic carbocycles. The molecule has 4 nitrogen and oxygen atoms in total. The van der Waals surface area contributed by atoms with Crippen LogP contribution >= 0.6 is 0 Å². The van der Waals surface area contributed by atoms with E-state index in [9.17, 15) is 4.79 Å². The second kappa shape index (κ2) is 4.07. The molecule has 1 rings (SSSR count). The van der Waals surface area contributed by atoms with Crippen molar-refractivity contribution in [3.63, 3.8) is 0 Å². The molecule has 0 aromatic carbocycles. The Balaban J connectivity index is 2.26. The lowest BCUT2D eigenvalue weighted by molar-refractivity contribution is -0.126. The van der Waals surface area contributed by atoms with E-state index < -0.39 is 0 Å². The third kappa shape index (κ3) is 2.42. The Bertz CT molecular complexity index is 190. The number of nitrogens with two attached hydrogens (primary N) is 1. The maximum absolute atomic E-state index is 11.5. The van der Waals surface area contributed by atoms with Gasteiger partial charge in [-0.1, -0.05) is 6.92 Å². The normalized spacial score (nSPS) is 20.8. The van der Waals surface area contributed by atoms with Gasteiger partial charge in [0, 0.05) is 19.7 Å². The third-order valence-corrected chi connectivity index (χ3v) is 2.65. The highest BCUT2D eigenvalue weighted by Crippen LogP contribution is 2.44. The first kappa shape index (κ1) is 10.5. The molecule has 0 spiro atoms. The molecule has 0 aromatic heterocycles. The van der Waals surface area contributed by atoms with Crippen LogP contribution in [0.25, 0.3) is 0 Å². The van der Waals surface area contributed by atoms with Crippen molar-refractivity contribution in [2.45, 2.75) is 19.8 Å². The second-order valence-electron chi connectivity index (χ2n) is 3.98. The van der Waals surface area contributed by atoms with Crippen LogP contribution in [0.4, 0.5) is 0 Å². The van der Waals surface area contributed by atoms with Crippen LogP contribution in [-0.2, 0) is 4.79 Å². The molecule has 1 amide bonds. The van der Waals surface area contributed by atoms with Crippen LogP contribution in [0.3, 0.4) is 0 Å². The molecule has 1 atom stereocenters. The van der Waals surface area contributed by atoms with Gasteiger partial charge in [-0.2, -0.15) is 0 Å². The maximum Gasteiger partial charge on any atom is 0.227 e. The lowest BCUT2D eigenvalue weighted by Crippen LogP contribution is -2.39.